The molecule has 0 aliphatic carbocycles. The molecule has 1 fully saturated rings. The Kier molecular flexibility index (Phi) is 3.39. The molecule has 86 valence electrons. The summed E-state index contributed by atoms with van der Waals surface area (Å²) in [6, 6.07) is 1.80. The van der Waals surface area contributed by atoms with Gasteiger partial charge in [0, 0.05) is 25.5 Å². The van der Waals surface area contributed by atoms with Crippen molar-refractivity contribution in [2.45, 2.75) is 25.7 Å². The van der Waals surface area contributed by atoms with E-state index in [4.69, 9.17) is 5.11 Å². The topological polar surface area (TPSA) is 53.4 Å². The standard InChI is InChI=1S/C12H16N2O2/c15-12(16)10-9-13-6-5-11(10)14-7-3-1-2-4-8-14/h5-6,9H,1-4,7-8H2,(H,15,16). The number of carbonyl (C=O) groups is 1. The number of carboxylic acids is 1. The van der Waals surface area contributed by atoms with E-state index in [-0.39, 0.29) is 0 Å². The second-order valence-electron chi connectivity index (χ2n) is 4.10. The Morgan fingerprint density at radius 3 is 2.56 bits per heavy atom. The maximum absolute atomic E-state index is 11.1. The van der Waals surface area contributed by atoms with Crippen LogP contribution in [0.25, 0.3) is 0 Å². The quantitative estimate of drug-likeness (QED) is 0.829. The van der Waals surface area contributed by atoms with Crippen molar-refractivity contribution in [3.05, 3.63) is 24.0 Å². The lowest BCUT2D eigenvalue weighted by Gasteiger charge is -2.23. The smallest absolute Gasteiger partial charge is 0.339 e. The number of pyridine rings is 1. The van der Waals surface area contributed by atoms with Crippen molar-refractivity contribution in [3.8, 4) is 0 Å². The number of carboxylic acid groups (broad SMARTS) is 1. The van der Waals surface area contributed by atoms with Gasteiger partial charge in [-0.05, 0) is 18.9 Å². The van der Waals surface area contributed by atoms with Gasteiger partial charge in [-0.2, -0.15) is 0 Å². The molecule has 0 amide bonds. The first-order chi connectivity index (χ1) is 7.79. The Morgan fingerprint density at radius 2 is 1.94 bits per heavy atom. The molecule has 16 heavy (non-hydrogen) atoms. The Labute approximate surface area is 94.9 Å². The van der Waals surface area contributed by atoms with Crippen LogP contribution in [0.4, 0.5) is 5.69 Å². The van der Waals surface area contributed by atoms with Gasteiger partial charge in [0.05, 0.1) is 5.69 Å². The Hall–Kier alpha value is -1.58. The Bertz CT molecular complexity index is 371. The van der Waals surface area contributed by atoms with Crippen LogP contribution in [0, 0.1) is 0 Å². The Balaban J connectivity index is 2.27. The van der Waals surface area contributed by atoms with E-state index in [0.29, 0.717) is 5.56 Å². The molecule has 0 saturated carbocycles. The number of aromatic nitrogens is 1. The number of aromatic carboxylic acids is 1. The van der Waals surface area contributed by atoms with Crippen LogP contribution in [0.1, 0.15) is 36.0 Å². The van der Waals surface area contributed by atoms with E-state index < -0.39 is 5.97 Å². The van der Waals surface area contributed by atoms with E-state index in [0.717, 1.165) is 31.6 Å². The lowest BCUT2D eigenvalue weighted by Crippen LogP contribution is -2.25. The minimum absolute atomic E-state index is 0.310. The van der Waals surface area contributed by atoms with Gasteiger partial charge in [0.1, 0.15) is 5.56 Å². The number of anilines is 1. The van der Waals surface area contributed by atoms with Crippen molar-refractivity contribution in [2.75, 3.05) is 18.0 Å². The van der Waals surface area contributed by atoms with Crippen LogP contribution in [0.3, 0.4) is 0 Å². The highest BCUT2D eigenvalue weighted by Crippen LogP contribution is 2.22. The van der Waals surface area contributed by atoms with E-state index in [9.17, 15) is 4.79 Å². The molecular weight excluding hydrogens is 204 g/mol. The maximum atomic E-state index is 11.1. The Morgan fingerprint density at radius 1 is 1.25 bits per heavy atom. The third-order valence-corrected chi connectivity index (χ3v) is 2.98. The molecule has 4 heteroatoms. The molecule has 0 bridgehead atoms. The molecule has 0 radical (unpaired) electrons. The minimum atomic E-state index is -0.896. The molecule has 1 N–H and O–H groups in total. The molecule has 1 aliphatic heterocycles. The van der Waals surface area contributed by atoms with Crippen molar-refractivity contribution in [2.24, 2.45) is 0 Å². The van der Waals surface area contributed by atoms with Gasteiger partial charge in [-0.1, -0.05) is 12.8 Å². The monoisotopic (exact) mass is 220 g/mol. The van der Waals surface area contributed by atoms with E-state index in [1.807, 2.05) is 0 Å². The summed E-state index contributed by atoms with van der Waals surface area (Å²) in [5.41, 5.74) is 1.12. The van der Waals surface area contributed by atoms with Gasteiger partial charge >= 0.3 is 5.97 Å². The summed E-state index contributed by atoms with van der Waals surface area (Å²) in [6.45, 7) is 1.90. The van der Waals surface area contributed by atoms with Crippen molar-refractivity contribution < 1.29 is 9.90 Å². The molecule has 4 nitrogen and oxygen atoms in total. The van der Waals surface area contributed by atoms with Gasteiger partial charge in [-0.25, -0.2) is 4.79 Å². The fourth-order valence-electron chi connectivity index (χ4n) is 2.14. The number of hydrogen-bond acceptors (Lipinski definition) is 3. The zero-order valence-electron chi connectivity index (χ0n) is 9.22. The first-order valence-corrected chi connectivity index (χ1v) is 5.71. The number of nitrogens with zero attached hydrogens (tertiary/aromatic N) is 2. The van der Waals surface area contributed by atoms with Gasteiger partial charge in [-0.15, -0.1) is 0 Å². The van der Waals surface area contributed by atoms with Crippen LogP contribution in [-0.4, -0.2) is 29.1 Å². The molecule has 0 aromatic carbocycles. The minimum Gasteiger partial charge on any atom is -0.478 e. The summed E-state index contributed by atoms with van der Waals surface area (Å²) >= 11 is 0. The highest BCUT2D eigenvalue weighted by atomic mass is 16.4. The van der Waals surface area contributed by atoms with Crippen LogP contribution in [0.2, 0.25) is 0 Å². The van der Waals surface area contributed by atoms with E-state index in [1.54, 1.807) is 12.3 Å². The summed E-state index contributed by atoms with van der Waals surface area (Å²) in [7, 11) is 0. The van der Waals surface area contributed by atoms with Gasteiger partial charge in [0.15, 0.2) is 0 Å². The fourth-order valence-corrected chi connectivity index (χ4v) is 2.14. The highest BCUT2D eigenvalue weighted by Gasteiger charge is 2.16. The molecule has 2 rings (SSSR count). The third kappa shape index (κ3) is 2.32. The summed E-state index contributed by atoms with van der Waals surface area (Å²) in [4.78, 5) is 17.1. The van der Waals surface area contributed by atoms with E-state index in [1.165, 1.54) is 19.0 Å². The molecule has 1 aromatic heterocycles. The maximum Gasteiger partial charge on any atom is 0.339 e. The average molecular weight is 220 g/mol. The van der Waals surface area contributed by atoms with E-state index >= 15 is 0 Å². The lowest BCUT2D eigenvalue weighted by atomic mass is 10.2. The summed E-state index contributed by atoms with van der Waals surface area (Å²) in [5, 5.41) is 9.10. The summed E-state index contributed by atoms with van der Waals surface area (Å²) in [6.07, 6.45) is 7.85. The van der Waals surface area contributed by atoms with Crippen LogP contribution in [0.5, 0.6) is 0 Å². The van der Waals surface area contributed by atoms with Gasteiger partial charge in [0.25, 0.3) is 0 Å². The summed E-state index contributed by atoms with van der Waals surface area (Å²) < 4.78 is 0. The van der Waals surface area contributed by atoms with Gasteiger partial charge < -0.3 is 10.0 Å². The largest absolute Gasteiger partial charge is 0.478 e. The van der Waals surface area contributed by atoms with Crippen molar-refractivity contribution in [3.63, 3.8) is 0 Å². The second kappa shape index (κ2) is 4.96. The zero-order valence-corrected chi connectivity index (χ0v) is 9.22. The second-order valence-corrected chi connectivity index (χ2v) is 4.10. The predicted molar refractivity (Wildman–Crippen MR) is 61.9 cm³/mol. The molecule has 1 aliphatic rings. The van der Waals surface area contributed by atoms with Crippen LogP contribution >= 0.6 is 0 Å². The van der Waals surface area contributed by atoms with Crippen LogP contribution in [0.15, 0.2) is 18.5 Å². The van der Waals surface area contributed by atoms with Gasteiger partial charge in [0.2, 0.25) is 0 Å². The van der Waals surface area contributed by atoms with Gasteiger partial charge in [-0.3, -0.25) is 4.98 Å². The highest BCUT2D eigenvalue weighted by molar-refractivity contribution is 5.94. The fraction of sp³-hybridized carbons (Fsp3) is 0.500. The zero-order chi connectivity index (χ0) is 11.4. The third-order valence-electron chi connectivity index (χ3n) is 2.98. The molecule has 2 heterocycles. The molecular formula is C12H16N2O2. The first-order valence-electron chi connectivity index (χ1n) is 5.71. The van der Waals surface area contributed by atoms with E-state index in [2.05, 4.69) is 9.88 Å². The normalized spacial score (nSPS) is 16.9. The van der Waals surface area contributed by atoms with Crippen molar-refractivity contribution in [1.82, 2.24) is 4.98 Å². The van der Waals surface area contributed by atoms with Crippen LogP contribution < -0.4 is 4.90 Å². The molecule has 0 atom stereocenters. The predicted octanol–water partition coefficient (Wildman–Crippen LogP) is 2.16. The summed E-state index contributed by atoms with van der Waals surface area (Å²) in [5.74, 6) is -0.896. The molecule has 1 saturated heterocycles. The molecule has 1 aromatic rings. The molecule has 0 spiro atoms. The number of rotatable bonds is 2. The SMILES string of the molecule is O=C(O)c1cnccc1N1CCCCCC1. The lowest BCUT2D eigenvalue weighted by molar-refractivity contribution is 0.0697. The van der Waals surface area contributed by atoms with Crippen molar-refractivity contribution in [1.29, 1.82) is 0 Å². The molecule has 0 unspecified atom stereocenters. The van der Waals surface area contributed by atoms with Crippen molar-refractivity contribution >= 4 is 11.7 Å². The number of hydrogen-bond donors (Lipinski definition) is 1. The average Bonchev–Trinajstić information content (AvgIpc) is 2.57. The first kappa shape index (κ1) is 10.9. The van der Waals surface area contributed by atoms with Crippen LogP contribution in [-0.2, 0) is 0 Å².